The number of nitrogens with one attached hydrogen (secondary N) is 1. The molecule has 1 heterocycles. The molecule has 0 bridgehead atoms. The summed E-state index contributed by atoms with van der Waals surface area (Å²) >= 11 is 0. The van der Waals surface area contributed by atoms with Crippen LogP contribution in [0, 0.1) is 5.82 Å². The SMILES string of the molecule is O=C1CNCc2cc(-c3ccc(F)cc3)ccc21. The molecule has 0 spiro atoms. The Morgan fingerprint density at radius 1 is 0.944 bits per heavy atom. The molecule has 3 rings (SSSR count). The van der Waals surface area contributed by atoms with Gasteiger partial charge in [0.2, 0.25) is 0 Å². The summed E-state index contributed by atoms with van der Waals surface area (Å²) in [5, 5.41) is 3.07. The average Bonchev–Trinajstić information content (AvgIpc) is 2.39. The van der Waals surface area contributed by atoms with Crippen LogP contribution in [0.4, 0.5) is 4.39 Å². The number of benzene rings is 2. The minimum atomic E-state index is -0.242. The van der Waals surface area contributed by atoms with Gasteiger partial charge in [0.15, 0.2) is 5.78 Å². The molecule has 2 aromatic carbocycles. The topological polar surface area (TPSA) is 29.1 Å². The Hall–Kier alpha value is -2.00. The fourth-order valence-electron chi connectivity index (χ4n) is 2.24. The van der Waals surface area contributed by atoms with Gasteiger partial charge in [0.05, 0.1) is 6.54 Å². The van der Waals surface area contributed by atoms with E-state index in [9.17, 15) is 9.18 Å². The Morgan fingerprint density at radius 3 is 2.44 bits per heavy atom. The van der Waals surface area contributed by atoms with E-state index in [0.29, 0.717) is 13.1 Å². The molecular formula is C15H12FNO. The normalized spacial score (nSPS) is 14.4. The number of rotatable bonds is 1. The van der Waals surface area contributed by atoms with Crippen molar-refractivity contribution >= 4 is 5.78 Å². The van der Waals surface area contributed by atoms with Crippen molar-refractivity contribution in [3.63, 3.8) is 0 Å². The van der Waals surface area contributed by atoms with Crippen molar-refractivity contribution in [2.24, 2.45) is 0 Å². The third-order valence-corrected chi connectivity index (χ3v) is 3.18. The lowest BCUT2D eigenvalue weighted by molar-refractivity contribution is 0.0982. The number of hydrogen-bond acceptors (Lipinski definition) is 2. The molecule has 0 amide bonds. The third kappa shape index (κ3) is 1.93. The molecule has 0 atom stereocenters. The second kappa shape index (κ2) is 4.35. The van der Waals surface area contributed by atoms with E-state index in [2.05, 4.69) is 5.32 Å². The van der Waals surface area contributed by atoms with Crippen LogP contribution in [-0.4, -0.2) is 12.3 Å². The van der Waals surface area contributed by atoms with Crippen molar-refractivity contribution in [3.05, 3.63) is 59.4 Å². The average molecular weight is 241 g/mol. The summed E-state index contributed by atoms with van der Waals surface area (Å²) in [4.78, 5) is 11.7. The van der Waals surface area contributed by atoms with Crippen molar-refractivity contribution in [1.82, 2.24) is 5.32 Å². The van der Waals surface area contributed by atoms with Crippen LogP contribution in [0.5, 0.6) is 0 Å². The number of halogens is 1. The first-order valence-electron chi connectivity index (χ1n) is 5.87. The predicted octanol–water partition coefficient (Wildman–Crippen LogP) is 2.78. The molecule has 1 N–H and O–H groups in total. The molecule has 0 saturated heterocycles. The molecular weight excluding hydrogens is 229 g/mol. The highest BCUT2D eigenvalue weighted by Crippen LogP contribution is 2.24. The molecule has 18 heavy (non-hydrogen) atoms. The number of fused-ring (bicyclic) bond motifs is 1. The minimum absolute atomic E-state index is 0.127. The van der Waals surface area contributed by atoms with Gasteiger partial charge in [-0.05, 0) is 34.9 Å². The maximum atomic E-state index is 12.9. The molecule has 0 unspecified atom stereocenters. The molecule has 0 aromatic heterocycles. The Labute approximate surface area is 104 Å². The predicted molar refractivity (Wildman–Crippen MR) is 67.9 cm³/mol. The van der Waals surface area contributed by atoms with Gasteiger partial charge in [-0.3, -0.25) is 4.79 Å². The molecule has 0 aliphatic carbocycles. The van der Waals surface area contributed by atoms with Gasteiger partial charge in [-0.1, -0.05) is 24.3 Å². The van der Waals surface area contributed by atoms with E-state index in [0.717, 1.165) is 22.3 Å². The molecule has 2 aromatic rings. The number of hydrogen-bond donors (Lipinski definition) is 1. The van der Waals surface area contributed by atoms with Gasteiger partial charge >= 0.3 is 0 Å². The molecule has 3 heteroatoms. The zero-order valence-corrected chi connectivity index (χ0v) is 9.74. The molecule has 0 fully saturated rings. The van der Waals surface area contributed by atoms with Gasteiger partial charge in [-0.25, -0.2) is 4.39 Å². The number of carbonyl (C=O) groups excluding carboxylic acids is 1. The zero-order valence-electron chi connectivity index (χ0n) is 9.74. The van der Waals surface area contributed by atoms with E-state index in [-0.39, 0.29) is 11.6 Å². The lowest BCUT2D eigenvalue weighted by atomic mass is 9.95. The van der Waals surface area contributed by atoms with E-state index >= 15 is 0 Å². The molecule has 2 nitrogen and oxygen atoms in total. The first kappa shape index (κ1) is 11.1. The Kier molecular flexibility index (Phi) is 2.68. The van der Waals surface area contributed by atoms with E-state index < -0.39 is 0 Å². The maximum Gasteiger partial charge on any atom is 0.176 e. The largest absolute Gasteiger partial charge is 0.306 e. The Morgan fingerprint density at radius 2 is 1.67 bits per heavy atom. The van der Waals surface area contributed by atoms with E-state index in [1.54, 1.807) is 12.1 Å². The lowest BCUT2D eigenvalue weighted by Gasteiger charge is -2.17. The maximum absolute atomic E-state index is 12.9. The standard InChI is InChI=1S/C15H12FNO/c16-13-4-1-10(2-5-13)11-3-6-14-12(7-11)8-17-9-15(14)18/h1-7,17H,8-9H2. The first-order chi connectivity index (χ1) is 8.74. The van der Waals surface area contributed by atoms with Crippen molar-refractivity contribution in [2.45, 2.75) is 6.54 Å². The van der Waals surface area contributed by atoms with Crippen LogP contribution >= 0.6 is 0 Å². The van der Waals surface area contributed by atoms with E-state index in [1.165, 1.54) is 12.1 Å². The summed E-state index contributed by atoms with van der Waals surface area (Å²) in [5.74, 6) is -0.115. The second-order valence-electron chi connectivity index (χ2n) is 4.41. The highest BCUT2D eigenvalue weighted by molar-refractivity contribution is 6.00. The van der Waals surface area contributed by atoms with Gasteiger partial charge < -0.3 is 5.32 Å². The van der Waals surface area contributed by atoms with Crippen LogP contribution in [0.15, 0.2) is 42.5 Å². The number of Topliss-reactive ketones (excluding diaryl/α,β-unsaturated/α-hetero) is 1. The first-order valence-corrected chi connectivity index (χ1v) is 5.87. The molecule has 0 saturated carbocycles. The Bertz CT molecular complexity index is 604. The number of ketones is 1. The summed E-state index contributed by atoms with van der Waals surface area (Å²) in [7, 11) is 0. The van der Waals surface area contributed by atoms with Crippen LogP contribution in [0.25, 0.3) is 11.1 Å². The molecule has 1 aliphatic heterocycles. The van der Waals surface area contributed by atoms with Crippen LogP contribution in [0.1, 0.15) is 15.9 Å². The van der Waals surface area contributed by atoms with Gasteiger partial charge in [0.25, 0.3) is 0 Å². The minimum Gasteiger partial charge on any atom is -0.306 e. The summed E-state index contributed by atoms with van der Waals surface area (Å²) in [6.45, 7) is 1.11. The summed E-state index contributed by atoms with van der Waals surface area (Å²) in [6.07, 6.45) is 0. The monoisotopic (exact) mass is 241 g/mol. The van der Waals surface area contributed by atoms with Gasteiger partial charge in [-0.15, -0.1) is 0 Å². The van der Waals surface area contributed by atoms with E-state index in [4.69, 9.17) is 0 Å². The molecule has 90 valence electrons. The van der Waals surface area contributed by atoms with E-state index in [1.807, 2.05) is 18.2 Å². The van der Waals surface area contributed by atoms with Crippen LogP contribution in [0.3, 0.4) is 0 Å². The highest BCUT2D eigenvalue weighted by atomic mass is 19.1. The van der Waals surface area contributed by atoms with Gasteiger partial charge in [0, 0.05) is 12.1 Å². The third-order valence-electron chi connectivity index (χ3n) is 3.18. The smallest absolute Gasteiger partial charge is 0.176 e. The summed E-state index contributed by atoms with van der Waals surface area (Å²) < 4.78 is 12.9. The van der Waals surface area contributed by atoms with Crippen LogP contribution in [0.2, 0.25) is 0 Å². The Balaban J connectivity index is 2.04. The van der Waals surface area contributed by atoms with Crippen molar-refractivity contribution in [1.29, 1.82) is 0 Å². The fraction of sp³-hybridized carbons (Fsp3) is 0.133. The van der Waals surface area contributed by atoms with Gasteiger partial charge in [-0.2, -0.15) is 0 Å². The van der Waals surface area contributed by atoms with Gasteiger partial charge in [0.1, 0.15) is 5.82 Å². The number of carbonyl (C=O) groups is 1. The fourth-order valence-corrected chi connectivity index (χ4v) is 2.24. The summed E-state index contributed by atoms with van der Waals surface area (Å²) in [6, 6.07) is 12.1. The van der Waals surface area contributed by atoms with Crippen molar-refractivity contribution < 1.29 is 9.18 Å². The molecule has 1 aliphatic rings. The zero-order chi connectivity index (χ0) is 12.5. The van der Waals surface area contributed by atoms with Crippen LogP contribution < -0.4 is 5.32 Å². The summed E-state index contributed by atoms with van der Waals surface area (Å²) in [5.41, 5.74) is 3.76. The van der Waals surface area contributed by atoms with Crippen molar-refractivity contribution in [2.75, 3.05) is 6.54 Å². The second-order valence-corrected chi connectivity index (χ2v) is 4.41. The highest BCUT2D eigenvalue weighted by Gasteiger charge is 2.16. The lowest BCUT2D eigenvalue weighted by Crippen LogP contribution is -2.29. The van der Waals surface area contributed by atoms with Crippen molar-refractivity contribution in [3.8, 4) is 11.1 Å². The molecule has 0 radical (unpaired) electrons. The quantitative estimate of drug-likeness (QED) is 0.831. The van der Waals surface area contributed by atoms with Crippen LogP contribution in [-0.2, 0) is 6.54 Å².